The molecule has 0 rings (SSSR count). The lowest BCUT2D eigenvalue weighted by Crippen LogP contribution is -2.38. The Balaban J connectivity index is 3.75. The summed E-state index contributed by atoms with van der Waals surface area (Å²) in [5, 5.41) is 13.7. The van der Waals surface area contributed by atoms with Gasteiger partial charge in [-0.05, 0) is 20.8 Å². The molecule has 15 heavy (non-hydrogen) atoms. The highest BCUT2D eigenvalue weighted by molar-refractivity contribution is 6.01. The molecule has 1 amide bonds. The monoisotopic (exact) mass is 217 g/mol. The van der Waals surface area contributed by atoms with Crippen molar-refractivity contribution in [1.82, 2.24) is 5.32 Å². The van der Waals surface area contributed by atoms with Crippen LogP contribution in [0.5, 0.6) is 0 Å². The van der Waals surface area contributed by atoms with Crippen LogP contribution in [0, 0.1) is 5.92 Å². The SMILES string of the molecule is CC(C)OCCNC(=O)C(C)C(N)=NO. The molecule has 0 aromatic carbocycles. The van der Waals surface area contributed by atoms with Crippen molar-refractivity contribution in [3.8, 4) is 0 Å². The van der Waals surface area contributed by atoms with E-state index in [-0.39, 0.29) is 17.8 Å². The average molecular weight is 217 g/mol. The van der Waals surface area contributed by atoms with E-state index in [0.29, 0.717) is 13.2 Å². The molecule has 6 heteroatoms. The molecule has 4 N–H and O–H groups in total. The highest BCUT2D eigenvalue weighted by atomic mass is 16.5. The first kappa shape index (κ1) is 13.7. The van der Waals surface area contributed by atoms with E-state index in [4.69, 9.17) is 15.7 Å². The third-order valence-corrected chi connectivity index (χ3v) is 1.80. The van der Waals surface area contributed by atoms with Crippen molar-refractivity contribution in [3.05, 3.63) is 0 Å². The first-order valence-corrected chi connectivity index (χ1v) is 4.85. The van der Waals surface area contributed by atoms with Gasteiger partial charge >= 0.3 is 0 Å². The largest absolute Gasteiger partial charge is 0.409 e. The minimum Gasteiger partial charge on any atom is -0.409 e. The maximum atomic E-state index is 11.3. The smallest absolute Gasteiger partial charge is 0.230 e. The minimum atomic E-state index is -0.631. The molecule has 1 atom stereocenters. The van der Waals surface area contributed by atoms with Gasteiger partial charge in [-0.15, -0.1) is 0 Å². The van der Waals surface area contributed by atoms with Crippen molar-refractivity contribution in [3.63, 3.8) is 0 Å². The van der Waals surface area contributed by atoms with Gasteiger partial charge in [0.2, 0.25) is 5.91 Å². The molecule has 0 fully saturated rings. The Kier molecular flexibility index (Phi) is 6.44. The lowest BCUT2D eigenvalue weighted by atomic mass is 10.1. The molecule has 0 spiro atoms. The number of nitrogens with two attached hydrogens (primary N) is 1. The first-order valence-electron chi connectivity index (χ1n) is 4.85. The molecule has 6 nitrogen and oxygen atoms in total. The molecular weight excluding hydrogens is 198 g/mol. The number of amidine groups is 1. The van der Waals surface area contributed by atoms with Gasteiger partial charge in [-0.1, -0.05) is 5.16 Å². The van der Waals surface area contributed by atoms with Crippen molar-refractivity contribution in [1.29, 1.82) is 0 Å². The number of carbonyl (C=O) groups excluding carboxylic acids is 1. The molecule has 0 saturated carbocycles. The van der Waals surface area contributed by atoms with Crippen LogP contribution >= 0.6 is 0 Å². The molecule has 0 aromatic rings. The normalized spacial score (nSPS) is 14.0. The molecule has 0 heterocycles. The van der Waals surface area contributed by atoms with Crippen molar-refractivity contribution in [2.24, 2.45) is 16.8 Å². The van der Waals surface area contributed by atoms with Crippen molar-refractivity contribution < 1.29 is 14.7 Å². The second kappa shape index (κ2) is 7.05. The average Bonchev–Trinajstić information content (AvgIpc) is 2.21. The molecule has 1 unspecified atom stereocenters. The number of ether oxygens (including phenoxy) is 1. The lowest BCUT2D eigenvalue weighted by molar-refractivity contribution is -0.123. The van der Waals surface area contributed by atoms with Crippen LogP contribution in [0.25, 0.3) is 0 Å². The highest BCUT2D eigenvalue weighted by Crippen LogP contribution is 1.94. The fourth-order valence-corrected chi connectivity index (χ4v) is 0.843. The number of hydrogen-bond donors (Lipinski definition) is 3. The number of nitrogens with zero attached hydrogens (tertiary/aromatic N) is 1. The Morgan fingerprint density at radius 3 is 2.60 bits per heavy atom. The molecular formula is C9H19N3O3. The second-order valence-electron chi connectivity index (χ2n) is 3.46. The number of nitrogens with one attached hydrogen (secondary N) is 1. The number of oxime groups is 1. The number of carbonyl (C=O) groups is 1. The van der Waals surface area contributed by atoms with E-state index in [2.05, 4.69) is 10.5 Å². The predicted molar refractivity (Wildman–Crippen MR) is 56.7 cm³/mol. The molecule has 0 aliphatic rings. The van der Waals surface area contributed by atoms with Crippen LogP contribution in [0.1, 0.15) is 20.8 Å². The van der Waals surface area contributed by atoms with Crippen molar-refractivity contribution >= 4 is 11.7 Å². The van der Waals surface area contributed by atoms with Crippen molar-refractivity contribution in [2.45, 2.75) is 26.9 Å². The molecule has 88 valence electrons. The maximum Gasteiger partial charge on any atom is 0.230 e. The molecule has 0 saturated heterocycles. The van der Waals surface area contributed by atoms with Gasteiger partial charge in [0.1, 0.15) is 0 Å². The first-order chi connectivity index (χ1) is 6.99. The summed E-state index contributed by atoms with van der Waals surface area (Å²) in [6.45, 7) is 6.27. The van der Waals surface area contributed by atoms with Gasteiger partial charge in [0.05, 0.1) is 18.6 Å². The summed E-state index contributed by atoms with van der Waals surface area (Å²) >= 11 is 0. The second-order valence-corrected chi connectivity index (χ2v) is 3.46. The van der Waals surface area contributed by atoms with Crippen LogP contribution in [0.15, 0.2) is 5.16 Å². The van der Waals surface area contributed by atoms with Gasteiger partial charge in [0.25, 0.3) is 0 Å². The fourth-order valence-electron chi connectivity index (χ4n) is 0.843. The van der Waals surface area contributed by atoms with Gasteiger partial charge in [0.15, 0.2) is 5.84 Å². The maximum absolute atomic E-state index is 11.3. The summed E-state index contributed by atoms with van der Waals surface area (Å²) in [4.78, 5) is 11.3. The summed E-state index contributed by atoms with van der Waals surface area (Å²) in [7, 11) is 0. The van der Waals surface area contributed by atoms with Crippen molar-refractivity contribution in [2.75, 3.05) is 13.2 Å². The predicted octanol–water partition coefficient (Wildman–Crippen LogP) is -0.0899. The quantitative estimate of drug-likeness (QED) is 0.190. The van der Waals surface area contributed by atoms with E-state index >= 15 is 0 Å². The van der Waals surface area contributed by atoms with E-state index in [0.717, 1.165) is 0 Å². The topological polar surface area (TPSA) is 96.9 Å². The Labute approximate surface area is 89.5 Å². The van der Waals surface area contributed by atoms with Gasteiger partial charge in [0, 0.05) is 6.54 Å². The zero-order valence-electron chi connectivity index (χ0n) is 9.36. The summed E-state index contributed by atoms with van der Waals surface area (Å²) in [5.41, 5.74) is 5.28. The molecule has 0 bridgehead atoms. The highest BCUT2D eigenvalue weighted by Gasteiger charge is 2.16. The van der Waals surface area contributed by atoms with Crippen LogP contribution in [0.3, 0.4) is 0 Å². The molecule has 0 aromatic heterocycles. The number of amides is 1. The molecule has 0 aliphatic heterocycles. The third-order valence-electron chi connectivity index (χ3n) is 1.80. The molecule has 0 aliphatic carbocycles. The third kappa shape index (κ3) is 5.90. The van der Waals surface area contributed by atoms with Gasteiger partial charge in [-0.2, -0.15) is 0 Å². The summed E-state index contributed by atoms with van der Waals surface area (Å²) in [5.74, 6) is -1.01. The Hall–Kier alpha value is -1.30. The zero-order chi connectivity index (χ0) is 11.8. The van der Waals surface area contributed by atoms with E-state index in [1.807, 2.05) is 13.8 Å². The zero-order valence-corrected chi connectivity index (χ0v) is 9.36. The van der Waals surface area contributed by atoms with E-state index in [9.17, 15) is 4.79 Å². The number of hydrogen-bond acceptors (Lipinski definition) is 4. The number of rotatable bonds is 6. The summed E-state index contributed by atoms with van der Waals surface area (Å²) in [6.07, 6.45) is 0.142. The Bertz CT molecular complexity index is 229. The molecule has 0 radical (unpaired) electrons. The minimum absolute atomic E-state index is 0.0997. The Morgan fingerprint density at radius 2 is 2.13 bits per heavy atom. The van der Waals surface area contributed by atoms with E-state index in [1.165, 1.54) is 0 Å². The summed E-state index contributed by atoms with van der Waals surface area (Å²) in [6, 6.07) is 0. The van der Waals surface area contributed by atoms with Gasteiger partial charge in [-0.3, -0.25) is 4.79 Å². The van der Waals surface area contributed by atoms with Gasteiger partial charge < -0.3 is 21.0 Å². The fraction of sp³-hybridized carbons (Fsp3) is 0.778. The Morgan fingerprint density at radius 1 is 1.53 bits per heavy atom. The van der Waals surface area contributed by atoms with Crippen LogP contribution in [-0.2, 0) is 9.53 Å². The van der Waals surface area contributed by atoms with Crippen LogP contribution in [-0.4, -0.2) is 36.2 Å². The van der Waals surface area contributed by atoms with Crippen LogP contribution < -0.4 is 11.1 Å². The standard InChI is InChI=1S/C9H19N3O3/c1-6(2)15-5-4-11-9(13)7(3)8(10)12-14/h6-7,14H,4-5H2,1-3H3,(H2,10,12)(H,11,13). The van der Waals surface area contributed by atoms with E-state index in [1.54, 1.807) is 6.92 Å². The van der Waals surface area contributed by atoms with Crippen LogP contribution in [0.4, 0.5) is 0 Å². The van der Waals surface area contributed by atoms with Crippen LogP contribution in [0.2, 0.25) is 0 Å². The summed E-state index contributed by atoms with van der Waals surface area (Å²) < 4.78 is 5.23. The van der Waals surface area contributed by atoms with E-state index < -0.39 is 5.92 Å². The lowest BCUT2D eigenvalue weighted by Gasteiger charge is -2.11. The van der Waals surface area contributed by atoms with Gasteiger partial charge in [-0.25, -0.2) is 0 Å².